The van der Waals surface area contributed by atoms with Gasteiger partial charge in [-0.25, -0.2) is 0 Å². The highest BCUT2D eigenvalue weighted by molar-refractivity contribution is 5.67. The molecule has 2 aromatic carbocycles. The monoisotopic (exact) mass is 280 g/mol. The molecule has 0 saturated heterocycles. The number of nitrogens with zero attached hydrogens (tertiary/aromatic N) is 2. The minimum atomic E-state index is 0.0409. The molecule has 106 valence electrons. The van der Waals surface area contributed by atoms with Gasteiger partial charge >= 0.3 is 0 Å². The molecule has 0 unspecified atom stereocenters. The lowest BCUT2D eigenvalue weighted by Crippen LogP contribution is -1.91. The van der Waals surface area contributed by atoms with Gasteiger partial charge in [0.25, 0.3) is 0 Å². The first kappa shape index (κ1) is 13.5. The zero-order valence-corrected chi connectivity index (χ0v) is 11.8. The van der Waals surface area contributed by atoms with Crippen LogP contribution in [-0.2, 0) is 13.0 Å². The molecule has 0 aliphatic rings. The highest BCUT2D eigenvalue weighted by atomic mass is 16.4. The fourth-order valence-corrected chi connectivity index (χ4v) is 2.33. The van der Waals surface area contributed by atoms with E-state index in [4.69, 9.17) is 4.42 Å². The quantitative estimate of drug-likeness (QED) is 0.797. The summed E-state index contributed by atoms with van der Waals surface area (Å²) < 4.78 is 5.38. The summed E-state index contributed by atoms with van der Waals surface area (Å²) in [7, 11) is 0. The lowest BCUT2D eigenvalue weighted by Gasteiger charge is -2.08. The van der Waals surface area contributed by atoms with E-state index in [1.165, 1.54) is 0 Å². The van der Waals surface area contributed by atoms with Gasteiger partial charge in [-0.2, -0.15) is 0 Å². The van der Waals surface area contributed by atoms with Crippen molar-refractivity contribution in [3.8, 4) is 11.1 Å². The number of rotatable bonds is 4. The van der Waals surface area contributed by atoms with Gasteiger partial charge in [0, 0.05) is 6.92 Å². The molecule has 0 radical (unpaired) electrons. The lowest BCUT2D eigenvalue weighted by atomic mass is 9.98. The molecule has 1 aromatic heterocycles. The lowest BCUT2D eigenvalue weighted by molar-refractivity contribution is 0.282. The molecule has 0 bridgehead atoms. The van der Waals surface area contributed by atoms with Crippen molar-refractivity contribution in [2.24, 2.45) is 0 Å². The zero-order chi connectivity index (χ0) is 14.7. The Morgan fingerprint density at radius 1 is 1.00 bits per heavy atom. The zero-order valence-electron chi connectivity index (χ0n) is 11.8. The van der Waals surface area contributed by atoms with Crippen molar-refractivity contribution in [2.75, 3.05) is 0 Å². The molecule has 3 aromatic rings. The smallest absolute Gasteiger partial charge is 0.220 e. The predicted octanol–water partition coefficient (Wildman–Crippen LogP) is 3.13. The van der Waals surface area contributed by atoms with Crippen LogP contribution in [0.3, 0.4) is 0 Å². The van der Waals surface area contributed by atoms with Crippen LogP contribution in [0.1, 0.15) is 22.9 Å². The molecule has 0 amide bonds. The number of aliphatic hydroxyl groups is 1. The highest BCUT2D eigenvalue weighted by Gasteiger charge is 2.06. The minimum Gasteiger partial charge on any atom is -0.425 e. The van der Waals surface area contributed by atoms with E-state index in [0.717, 1.165) is 22.3 Å². The SMILES string of the molecule is Cc1nnc(Cc2ccc(-c3ccccc3CO)cc2)o1. The third kappa shape index (κ3) is 3.01. The van der Waals surface area contributed by atoms with Gasteiger partial charge in [0.15, 0.2) is 0 Å². The van der Waals surface area contributed by atoms with Crippen molar-refractivity contribution >= 4 is 0 Å². The van der Waals surface area contributed by atoms with E-state index < -0.39 is 0 Å². The first-order chi connectivity index (χ1) is 10.3. The third-order valence-electron chi connectivity index (χ3n) is 3.38. The molecule has 21 heavy (non-hydrogen) atoms. The van der Waals surface area contributed by atoms with Crippen LogP contribution >= 0.6 is 0 Å². The molecule has 4 nitrogen and oxygen atoms in total. The fourth-order valence-electron chi connectivity index (χ4n) is 2.33. The Kier molecular flexibility index (Phi) is 3.79. The Morgan fingerprint density at radius 3 is 2.43 bits per heavy atom. The maximum absolute atomic E-state index is 9.40. The van der Waals surface area contributed by atoms with Gasteiger partial charge in [0.2, 0.25) is 11.8 Å². The number of benzene rings is 2. The van der Waals surface area contributed by atoms with Crippen molar-refractivity contribution in [3.63, 3.8) is 0 Å². The van der Waals surface area contributed by atoms with Gasteiger partial charge in [-0.15, -0.1) is 10.2 Å². The largest absolute Gasteiger partial charge is 0.425 e. The van der Waals surface area contributed by atoms with E-state index in [2.05, 4.69) is 10.2 Å². The van der Waals surface area contributed by atoms with Gasteiger partial charge in [-0.1, -0.05) is 48.5 Å². The molecule has 0 fully saturated rings. The van der Waals surface area contributed by atoms with Gasteiger partial charge in [0.1, 0.15) is 0 Å². The summed E-state index contributed by atoms with van der Waals surface area (Å²) >= 11 is 0. The van der Waals surface area contributed by atoms with Crippen LogP contribution < -0.4 is 0 Å². The summed E-state index contributed by atoms with van der Waals surface area (Å²) in [6, 6.07) is 16.0. The Hall–Kier alpha value is -2.46. The Balaban J connectivity index is 1.83. The van der Waals surface area contributed by atoms with E-state index in [-0.39, 0.29) is 6.61 Å². The van der Waals surface area contributed by atoms with E-state index in [1.807, 2.05) is 48.5 Å². The van der Waals surface area contributed by atoms with Crippen molar-refractivity contribution in [2.45, 2.75) is 20.0 Å². The Labute approximate surface area is 123 Å². The Bertz CT molecular complexity index is 733. The van der Waals surface area contributed by atoms with E-state index >= 15 is 0 Å². The van der Waals surface area contributed by atoms with Crippen LogP contribution in [0.15, 0.2) is 52.9 Å². The van der Waals surface area contributed by atoms with Crippen LogP contribution in [0, 0.1) is 6.92 Å². The molecular formula is C17H16N2O2. The van der Waals surface area contributed by atoms with Crippen molar-refractivity contribution in [1.29, 1.82) is 0 Å². The molecule has 4 heteroatoms. The highest BCUT2D eigenvalue weighted by Crippen LogP contribution is 2.24. The normalized spacial score (nSPS) is 10.8. The van der Waals surface area contributed by atoms with Gasteiger partial charge < -0.3 is 9.52 Å². The molecule has 0 saturated carbocycles. The van der Waals surface area contributed by atoms with Gasteiger partial charge in [-0.05, 0) is 22.3 Å². The first-order valence-electron chi connectivity index (χ1n) is 6.83. The first-order valence-corrected chi connectivity index (χ1v) is 6.83. The number of aromatic nitrogens is 2. The Morgan fingerprint density at radius 2 is 1.76 bits per heavy atom. The van der Waals surface area contributed by atoms with Crippen LogP contribution in [0.2, 0.25) is 0 Å². The molecule has 1 N–H and O–H groups in total. The van der Waals surface area contributed by atoms with Crippen molar-refractivity contribution in [1.82, 2.24) is 10.2 Å². The van der Waals surface area contributed by atoms with Crippen molar-refractivity contribution < 1.29 is 9.52 Å². The minimum absolute atomic E-state index is 0.0409. The van der Waals surface area contributed by atoms with Crippen LogP contribution in [-0.4, -0.2) is 15.3 Å². The van der Waals surface area contributed by atoms with E-state index in [1.54, 1.807) is 6.92 Å². The van der Waals surface area contributed by atoms with Crippen LogP contribution in [0.4, 0.5) is 0 Å². The summed E-state index contributed by atoms with van der Waals surface area (Å²) in [5, 5.41) is 17.2. The number of hydrogen-bond acceptors (Lipinski definition) is 4. The summed E-state index contributed by atoms with van der Waals surface area (Å²) in [5.41, 5.74) is 4.19. The number of aryl methyl sites for hydroxylation is 1. The number of aliphatic hydroxyl groups excluding tert-OH is 1. The fraction of sp³-hybridized carbons (Fsp3) is 0.176. The molecule has 0 atom stereocenters. The topological polar surface area (TPSA) is 59.2 Å². The number of hydrogen-bond donors (Lipinski definition) is 1. The molecule has 3 rings (SSSR count). The average Bonchev–Trinajstić information content (AvgIpc) is 2.93. The second kappa shape index (κ2) is 5.89. The predicted molar refractivity (Wildman–Crippen MR) is 79.6 cm³/mol. The summed E-state index contributed by atoms with van der Waals surface area (Å²) in [5.74, 6) is 1.20. The van der Waals surface area contributed by atoms with Gasteiger partial charge in [-0.3, -0.25) is 0 Å². The second-order valence-electron chi connectivity index (χ2n) is 4.90. The summed E-state index contributed by atoms with van der Waals surface area (Å²) in [4.78, 5) is 0. The van der Waals surface area contributed by atoms with Crippen LogP contribution in [0.5, 0.6) is 0 Å². The van der Waals surface area contributed by atoms with Gasteiger partial charge in [0.05, 0.1) is 13.0 Å². The van der Waals surface area contributed by atoms with E-state index in [9.17, 15) is 5.11 Å². The summed E-state index contributed by atoms with van der Waals surface area (Å²) in [6.45, 7) is 1.82. The van der Waals surface area contributed by atoms with Crippen molar-refractivity contribution in [3.05, 3.63) is 71.4 Å². The molecule has 1 heterocycles. The van der Waals surface area contributed by atoms with E-state index in [0.29, 0.717) is 18.2 Å². The standard InChI is InChI=1S/C17H16N2O2/c1-12-18-19-17(21-12)10-13-6-8-14(9-7-13)16-5-3-2-4-15(16)11-20/h2-9,20H,10-11H2,1H3. The third-order valence-corrected chi connectivity index (χ3v) is 3.38. The molecule has 0 spiro atoms. The summed E-state index contributed by atoms with van der Waals surface area (Å²) in [6.07, 6.45) is 0.628. The molecule has 0 aliphatic heterocycles. The molecular weight excluding hydrogens is 264 g/mol. The second-order valence-corrected chi connectivity index (χ2v) is 4.90. The average molecular weight is 280 g/mol. The maximum atomic E-state index is 9.40. The van der Waals surface area contributed by atoms with Crippen LogP contribution in [0.25, 0.3) is 11.1 Å². The maximum Gasteiger partial charge on any atom is 0.220 e. The molecule has 0 aliphatic carbocycles.